The van der Waals surface area contributed by atoms with Crippen molar-refractivity contribution in [3.8, 4) is 0 Å². The molecule has 0 aliphatic heterocycles. The normalized spacial score (nSPS) is 11.8. The highest BCUT2D eigenvalue weighted by Crippen LogP contribution is 2.29. The quantitative estimate of drug-likeness (QED) is 0.263. The standard InChI is InChI=1S/C20H16Cl2N4O4S/c1-13(17-4-2-3-5-18(17)22)23-24-19-11-10-16(26(27)28)12-20(19)31(29,30)25-15-8-6-14(21)7-9-15/h2-12,24-25H,1H3. The lowest BCUT2D eigenvalue weighted by molar-refractivity contribution is -0.385. The van der Waals surface area contributed by atoms with E-state index in [1.165, 1.54) is 36.4 Å². The summed E-state index contributed by atoms with van der Waals surface area (Å²) in [6, 6.07) is 16.4. The van der Waals surface area contributed by atoms with Crippen molar-refractivity contribution in [3.63, 3.8) is 0 Å². The number of nitro groups is 1. The molecule has 0 spiro atoms. The van der Waals surface area contributed by atoms with Crippen LogP contribution in [0.1, 0.15) is 12.5 Å². The fourth-order valence-electron chi connectivity index (χ4n) is 2.63. The van der Waals surface area contributed by atoms with Crippen LogP contribution in [0.5, 0.6) is 0 Å². The second kappa shape index (κ2) is 9.34. The van der Waals surface area contributed by atoms with Gasteiger partial charge in [0.2, 0.25) is 0 Å². The van der Waals surface area contributed by atoms with Gasteiger partial charge in [0.1, 0.15) is 4.90 Å². The first kappa shape index (κ1) is 22.5. The van der Waals surface area contributed by atoms with E-state index in [0.29, 0.717) is 21.3 Å². The first-order chi connectivity index (χ1) is 14.7. The highest BCUT2D eigenvalue weighted by molar-refractivity contribution is 7.92. The predicted octanol–water partition coefficient (Wildman–Crippen LogP) is 5.54. The van der Waals surface area contributed by atoms with E-state index in [-0.39, 0.29) is 22.0 Å². The van der Waals surface area contributed by atoms with Gasteiger partial charge in [0.15, 0.2) is 0 Å². The van der Waals surface area contributed by atoms with Crippen LogP contribution in [-0.4, -0.2) is 19.1 Å². The SMILES string of the molecule is CC(=NNc1ccc([N+](=O)[O-])cc1S(=O)(=O)Nc1ccc(Cl)cc1)c1ccccc1Cl. The van der Waals surface area contributed by atoms with Crippen molar-refractivity contribution in [1.29, 1.82) is 0 Å². The van der Waals surface area contributed by atoms with E-state index >= 15 is 0 Å². The molecule has 0 amide bonds. The molecule has 0 radical (unpaired) electrons. The number of nitrogens with zero attached hydrogens (tertiary/aromatic N) is 2. The summed E-state index contributed by atoms with van der Waals surface area (Å²) in [6.45, 7) is 1.69. The Morgan fingerprint density at radius 1 is 1.03 bits per heavy atom. The second-order valence-electron chi connectivity index (χ2n) is 6.34. The average Bonchev–Trinajstić information content (AvgIpc) is 2.73. The molecule has 0 unspecified atom stereocenters. The maximum atomic E-state index is 13.0. The van der Waals surface area contributed by atoms with E-state index < -0.39 is 14.9 Å². The second-order valence-corrected chi connectivity index (χ2v) is 8.83. The summed E-state index contributed by atoms with van der Waals surface area (Å²) >= 11 is 12.0. The van der Waals surface area contributed by atoms with Crippen molar-refractivity contribution in [2.75, 3.05) is 10.1 Å². The molecule has 0 saturated heterocycles. The highest BCUT2D eigenvalue weighted by atomic mass is 35.5. The Bertz CT molecular complexity index is 1260. The van der Waals surface area contributed by atoms with Gasteiger partial charge in [0, 0.05) is 33.4 Å². The number of nitrogens with one attached hydrogen (secondary N) is 2. The van der Waals surface area contributed by atoms with Crippen LogP contribution in [0.2, 0.25) is 10.0 Å². The fraction of sp³-hybridized carbons (Fsp3) is 0.0500. The molecule has 0 aromatic heterocycles. The van der Waals surface area contributed by atoms with E-state index in [1.54, 1.807) is 31.2 Å². The van der Waals surface area contributed by atoms with Gasteiger partial charge in [-0.05, 0) is 43.3 Å². The van der Waals surface area contributed by atoms with Crippen molar-refractivity contribution in [2.24, 2.45) is 5.10 Å². The zero-order chi connectivity index (χ0) is 22.6. The summed E-state index contributed by atoms with van der Waals surface area (Å²) in [5.74, 6) is 0. The molecule has 0 bridgehead atoms. The molecule has 8 nitrogen and oxygen atoms in total. The van der Waals surface area contributed by atoms with Crippen LogP contribution in [0.4, 0.5) is 17.1 Å². The van der Waals surface area contributed by atoms with Gasteiger partial charge in [-0.15, -0.1) is 0 Å². The number of hydrogen-bond acceptors (Lipinski definition) is 6. The molecule has 11 heteroatoms. The van der Waals surface area contributed by atoms with Gasteiger partial charge in [-0.3, -0.25) is 20.3 Å². The highest BCUT2D eigenvalue weighted by Gasteiger charge is 2.23. The number of hydrogen-bond donors (Lipinski definition) is 2. The molecule has 3 aromatic carbocycles. The molecular weight excluding hydrogens is 463 g/mol. The minimum atomic E-state index is -4.19. The van der Waals surface area contributed by atoms with Crippen molar-refractivity contribution >= 4 is 56.0 Å². The number of nitro benzene ring substituents is 1. The Kier molecular flexibility index (Phi) is 6.79. The van der Waals surface area contributed by atoms with Crippen LogP contribution in [0.15, 0.2) is 76.7 Å². The van der Waals surface area contributed by atoms with E-state index in [4.69, 9.17) is 23.2 Å². The van der Waals surface area contributed by atoms with Gasteiger partial charge in [-0.2, -0.15) is 5.10 Å². The zero-order valence-electron chi connectivity index (χ0n) is 16.0. The minimum Gasteiger partial charge on any atom is -0.280 e. The first-order valence-electron chi connectivity index (χ1n) is 8.79. The van der Waals surface area contributed by atoms with Crippen LogP contribution in [0, 0.1) is 10.1 Å². The van der Waals surface area contributed by atoms with Gasteiger partial charge in [-0.1, -0.05) is 41.4 Å². The number of non-ortho nitro benzene ring substituents is 1. The number of benzene rings is 3. The third-order valence-electron chi connectivity index (χ3n) is 4.17. The molecule has 0 aliphatic carbocycles. The Morgan fingerprint density at radius 2 is 1.71 bits per heavy atom. The van der Waals surface area contributed by atoms with Gasteiger partial charge in [-0.25, -0.2) is 8.42 Å². The van der Waals surface area contributed by atoms with E-state index in [9.17, 15) is 18.5 Å². The molecule has 0 heterocycles. The Labute approximate surface area is 188 Å². The number of sulfonamides is 1. The van der Waals surface area contributed by atoms with Gasteiger partial charge >= 0.3 is 0 Å². The van der Waals surface area contributed by atoms with Gasteiger partial charge in [0.25, 0.3) is 15.7 Å². The summed E-state index contributed by atoms with van der Waals surface area (Å²) in [5, 5.41) is 16.3. The lowest BCUT2D eigenvalue weighted by atomic mass is 10.1. The summed E-state index contributed by atoms with van der Waals surface area (Å²) in [7, 11) is -4.19. The van der Waals surface area contributed by atoms with Crippen molar-refractivity contribution in [2.45, 2.75) is 11.8 Å². The topological polar surface area (TPSA) is 114 Å². The smallest absolute Gasteiger partial charge is 0.270 e. The number of halogens is 2. The fourth-order valence-corrected chi connectivity index (χ4v) is 4.26. The lowest BCUT2D eigenvalue weighted by Crippen LogP contribution is -2.15. The van der Waals surface area contributed by atoms with E-state index in [1.807, 2.05) is 0 Å². The maximum Gasteiger partial charge on any atom is 0.270 e. The van der Waals surface area contributed by atoms with Crippen molar-refractivity contribution < 1.29 is 13.3 Å². The lowest BCUT2D eigenvalue weighted by Gasteiger charge is -2.13. The van der Waals surface area contributed by atoms with E-state index in [2.05, 4.69) is 15.2 Å². The maximum absolute atomic E-state index is 13.0. The molecule has 160 valence electrons. The molecule has 2 N–H and O–H groups in total. The molecule has 0 saturated carbocycles. The van der Waals surface area contributed by atoms with Crippen molar-refractivity contribution in [1.82, 2.24) is 0 Å². The van der Waals surface area contributed by atoms with Crippen LogP contribution in [0.3, 0.4) is 0 Å². The van der Waals surface area contributed by atoms with Gasteiger partial charge in [0.05, 0.1) is 16.3 Å². The van der Waals surface area contributed by atoms with Crippen LogP contribution < -0.4 is 10.1 Å². The summed E-state index contributed by atoms with van der Waals surface area (Å²) < 4.78 is 28.3. The average molecular weight is 479 g/mol. The number of rotatable bonds is 7. The third-order valence-corrected chi connectivity index (χ3v) is 6.17. The summed E-state index contributed by atoms with van der Waals surface area (Å²) in [5.41, 5.74) is 3.75. The molecule has 3 rings (SSSR count). The zero-order valence-corrected chi connectivity index (χ0v) is 18.4. The largest absolute Gasteiger partial charge is 0.280 e. The number of hydrazone groups is 1. The molecule has 31 heavy (non-hydrogen) atoms. The number of anilines is 2. The van der Waals surface area contributed by atoms with Gasteiger partial charge < -0.3 is 0 Å². The monoisotopic (exact) mass is 478 g/mol. The molecular formula is C20H16Cl2N4O4S. The van der Waals surface area contributed by atoms with E-state index in [0.717, 1.165) is 6.07 Å². The molecule has 0 aliphatic rings. The predicted molar refractivity (Wildman–Crippen MR) is 123 cm³/mol. The Hall–Kier alpha value is -3.14. The summed E-state index contributed by atoms with van der Waals surface area (Å²) in [6.07, 6.45) is 0. The minimum absolute atomic E-state index is 0.0541. The molecule has 0 fully saturated rings. The Balaban J connectivity index is 1.99. The summed E-state index contributed by atoms with van der Waals surface area (Å²) in [4.78, 5) is 10.2. The molecule has 3 aromatic rings. The first-order valence-corrected chi connectivity index (χ1v) is 11.0. The Morgan fingerprint density at radius 3 is 2.35 bits per heavy atom. The van der Waals surface area contributed by atoms with Crippen LogP contribution in [0.25, 0.3) is 0 Å². The van der Waals surface area contributed by atoms with Crippen molar-refractivity contribution in [3.05, 3.63) is 92.5 Å². The van der Waals surface area contributed by atoms with Crippen LogP contribution in [-0.2, 0) is 10.0 Å². The van der Waals surface area contributed by atoms with Crippen LogP contribution >= 0.6 is 23.2 Å². The molecule has 0 atom stereocenters. The third kappa shape index (κ3) is 5.52.